The third kappa shape index (κ3) is 3.22. The molecule has 4 aliphatic rings. The lowest BCUT2D eigenvalue weighted by Crippen LogP contribution is -2.53. The Morgan fingerprint density at radius 1 is 1.11 bits per heavy atom. The molecular weight excluding hydrogens is 352 g/mol. The number of ketones is 1. The third-order valence-corrected chi connectivity index (χ3v) is 8.88. The van der Waals surface area contributed by atoms with Crippen LogP contribution in [0, 0.1) is 34.5 Å². The highest BCUT2D eigenvalue weighted by Gasteiger charge is 2.60. The Hall–Kier alpha value is -1.59. The largest absolute Gasteiger partial charge is 0.394 e. The van der Waals surface area contributed by atoms with Crippen molar-refractivity contribution in [3.8, 4) is 0 Å². The van der Waals surface area contributed by atoms with Gasteiger partial charge in [-0.3, -0.25) is 4.79 Å². The molecule has 0 bridgehead atoms. The fraction of sp³-hybridized carbons (Fsp3) is 0.864. The molecule has 6 unspecified atom stereocenters. The Morgan fingerprint density at radius 3 is 2.71 bits per heavy atom. The van der Waals surface area contributed by atoms with E-state index in [1.807, 2.05) is 0 Å². The molecule has 0 aliphatic heterocycles. The van der Waals surface area contributed by atoms with Gasteiger partial charge in [0.2, 0.25) is 0 Å². The number of nitrogens with zero attached hydrogens (tertiary/aromatic N) is 2. The molecule has 0 amide bonds. The number of oxime groups is 1. The van der Waals surface area contributed by atoms with Crippen molar-refractivity contribution in [1.29, 1.82) is 0 Å². The van der Waals surface area contributed by atoms with Crippen LogP contribution >= 0.6 is 0 Å². The van der Waals surface area contributed by atoms with E-state index in [-0.39, 0.29) is 11.4 Å². The second-order valence-electron chi connectivity index (χ2n) is 10.1. The lowest BCUT2D eigenvalue weighted by atomic mass is 9.45. The number of carbonyl (C=O) groups is 1. The summed E-state index contributed by atoms with van der Waals surface area (Å²) in [5.41, 5.74) is 12.2. The normalized spacial score (nSPS) is 43.8. The number of hydrogen-bond donors (Lipinski definition) is 2. The Kier molecular flexibility index (Phi) is 5.17. The van der Waals surface area contributed by atoms with E-state index in [1.165, 1.54) is 31.4 Å². The van der Waals surface area contributed by atoms with E-state index >= 15 is 0 Å². The van der Waals surface area contributed by atoms with E-state index in [0.717, 1.165) is 43.9 Å². The molecule has 6 heteroatoms. The molecule has 0 radical (unpaired) electrons. The van der Waals surface area contributed by atoms with Gasteiger partial charge >= 0.3 is 0 Å². The summed E-state index contributed by atoms with van der Waals surface area (Å²) in [6.45, 7) is 5.67. The van der Waals surface area contributed by atoms with Crippen LogP contribution in [-0.4, -0.2) is 30.6 Å². The predicted octanol–water partition coefficient (Wildman–Crippen LogP) is 3.24. The maximum atomic E-state index is 12.5. The third-order valence-electron chi connectivity index (χ3n) is 8.88. The average Bonchev–Trinajstić information content (AvgIpc) is 2.96. The molecule has 0 aromatic rings. The minimum atomic E-state index is -0.0190. The molecule has 0 aromatic heterocycles. The fourth-order valence-electron chi connectivity index (χ4n) is 7.27. The number of nitrogens with two attached hydrogens (primary N) is 2. The van der Waals surface area contributed by atoms with Crippen molar-refractivity contribution in [3.63, 3.8) is 0 Å². The van der Waals surface area contributed by atoms with Gasteiger partial charge in [0.05, 0.1) is 12.3 Å². The van der Waals surface area contributed by atoms with Crippen molar-refractivity contribution in [1.82, 2.24) is 0 Å². The molecule has 156 valence electrons. The van der Waals surface area contributed by atoms with Crippen LogP contribution in [0.4, 0.5) is 0 Å². The zero-order chi connectivity index (χ0) is 19.9. The smallest absolute Gasteiger partial charge is 0.186 e. The van der Waals surface area contributed by atoms with Gasteiger partial charge in [-0.25, -0.2) is 4.99 Å². The van der Waals surface area contributed by atoms with Gasteiger partial charge in [-0.2, -0.15) is 0 Å². The summed E-state index contributed by atoms with van der Waals surface area (Å²) in [6.07, 6.45) is 10.1. The molecule has 4 N–H and O–H groups in total. The van der Waals surface area contributed by atoms with E-state index in [9.17, 15) is 4.79 Å². The van der Waals surface area contributed by atoms with Crippen molar-refractivity contribution in [2.24, 2.45) is 56.1 Å². The topological polar surface area (TPSA) is 103 Å². The van der Waals surface area contributed by atoms with Crippen molar-refractivity contribution in [2.45, 2.75) is 71.6 Å². The number of hydrogen-bond acceptors (Lipinski definition) is 4. The van der Waals surface area contributed by atoms with Gasteiger partial charge in [-0.05, 0) is 80.5 Å². The molecule has 0 saturated heterocycles. The number of fused-ring (bicyclic) bond motifs is 5. The Labute approximate surface area is 168 Å². The Balaban J connectivity index is 1.41. The van der Waals surface area contributed by atoms with Crippen LogP contribution in [0.1, 0.15) is 71.6 Å². The molecule has 4 aliphatic carbocycles. The molecule has 6 atom stereocenters. The van der Waals surface area contributed by atoms with Gasteiger partial charge in [0.15, 0.2) is 5.96 Å². The van der Waals surface area contributed by atoms with Crippen LogP contribution in [0.2, 0.25) is 0 Å². The SMILES string of the molecule is CC12CCC3C(CCC4CC(=NOCCN=C(N)N)CCC43C)C1CCC2=O. The van der Waals surface area contributed by atoms with E-state index in [1.54, 1.807) is 0 Å². The standard InChI is InChI=1S/C22H36N4O2/c1-21-9-7-15(26-28-12-11-25-20(23)24)13-14(21)3-4-16-17-5-6-19(27)22(17,2)10-8-18(16)21/h14,16-18H,3-13H2,1-2H3,(H4,23,24,25). The van der Waals surface area contributed by atoms with Gasteiger partial charge < -0.3 is 16.3 Å². The first-order chi connectivity index (χ1) is 13.3. The van der Waals surface area contributed by atoms with E-state index in [2.05, 4.69) is 24.0 Å². The summed E-state index contributed by atoms with van der Waals surface area (Å²) >= 11 is 0. The molecule has 4 rings (SSSR count). The molecule has 28 heavy (non-hydrogen) atoms. The van der Waals surface area contributed by atoms with Crippen LogP contribution in [-0.2, 0) is 9.63 Å². The van der Waals surface area contributed by atoms with Gasteiger partial charge in [-0.15, -0.1) is 0 Å². The average molecular weight is 389 g/mol. The minimum Gasteiger partial charge on any atom is -0.394 e. The summed E-state index contributed by atoms with van der Waals surface area (Å²) < 4.78 is 0. The first-order valence-corrected chi connectivity index (χ1v) is 11.1. The quantitative estimate of drug-likeness (QED) is 0.334. The highest BCUT2D eigenvalue weighted by atomic mass is 16.6. The van der Waals surface area contributed by atoms with E-state index < -0.39 is 0 Å². The molecule has 4 fully saturated rings. The van der Waals surface area contributed by atoms with E-state index in [0.29, 0.717) is 36.2 Å². The number of rotatable bonds is 4. The van der Waals surface area contributed by atoms with Gasteiger partial charge in [0.25, 0.3) is 0 Å². The zero-order valence-corrected chi connectivity index (χ0v) is 17.5. The second-order valence-corrected chi connectivity index (χ2v) is 10.1. The Bertz CT molecular complexity index is 686. The van der Waals surface area contributed by atoms with Crippen LogP contribution in [0.5, 0.6) is 0 Å². The van der Waals surface area contributed by atoms with Gasteiger partial charge in [0, 0.05) is 11.8 Å². The number of guanidine groups is 1. The lowest BCUT2D eigenvalue weighted by Gasteiger charge is -2.59. The molecule has 6 nitrogen and oxygen atoms in total. The minimum absolute atomic E-state index is 0.0190. The van der Waals surface area contributed by atoms with Crippen molar-refractivity contribution in [2.75, 3.05) is 13.2 Å². The number of carbonyl (C=O) groups excluding carboxylic acids is 1. The molecule has 0 heterocycles. The summed E-state index contributed by atoms with van der Waals surface area (Å²) in [7, 11) is 0. The first kappa shape index (κ1) is 19.7. The Morgan fingerprint density at radius 2 is 1.93 bits per heavy atom. The highest BCUT2D eigenvalue weighted by molar-refractivity contribution is 5.87. The van der Waals surface area contributed by atoms with Crippen molar-refractivity contribution < 1.29 is 9.63 Å². The number of aliphatic imine (C=N–C) groups is 1. The fourth-order valence-corrected chi connectivity index (χ4v) is 7.27. The number of Topliss-reactive ketones (excluding diaryl/α,β-unsaturated/α-hetero) is 1. The summed E-state index contributed by atoms with van der Waals surface area (Å²) in [6, 6.07) is 0. The first-order valence-electron chi connectivity index (χ1n) is 11.1. The van der Waals surface area contributed by atoms with E-state index in [4.69, 9.17) is 16.3 Å². The molecule has 0 aromatic carbocycles. The van der Waals surface area contributed by atoms with Crippen LogP contribution in [0.15, 0.2) is 10.1 Å². The molecule has 0 spiro atoms. The molecular formula is C22H36N4O2. The summed E-state index contributed by atoms with van der Waals surface area (Å²) in [4.78, 5) is 21.9. The lowest BCUT2D eigenvalue weighted by molar-refractivity contribution is -0.137. The van der Waals surface area contributed by atoms with Crippen LogP contribution in [0.25, 0.3) is 0 Å². The predicted molar refractivity (Wildman–Crippen MR) is 111 cm³/mol. The van der Waals surface area contributed by atoms with Crippen molar-refractivity contribution in [3.05, 3.63) is 0 Å². The summed E-state index contributed by atoms with van der Waals surface area (Å²) in [5.74, 6) is 3.49. The monoisotopic (exact) mass is 388 g/mol. The van der Waals surface area contributed by atoms with Crippen LogP contribution in [0.3, 0.4) is 0 Å². The molecule has 4 saturated carbocycles. The zero-order valence-electron chi connectivity index (χ0n) is 17.5. The maximum Gasteiger partial charge on any atom is 0.186 e. The highest BCUT2D eigenvalue weighted by Crippen LogP contribution is 2.65. The van der Waals surface area contributed by atoms with Gasteiger partial charge in [0.1, 0.15) is 12.4 Å². The van der Waals surface area contributed by atoms with Crippen molar-refractivity contribution >= 4 is 17.5 Å². The van der Waals surface area contributed by atoms with Crippen LogP contribution < -0.4 is 11.5 Å². The maximum absolute atomic E-state index is 12.5. The summed E-state index contributed by atoms with van der Waals surface area (Å²) in [5, 5.41) is 4.40. The second kappa shape index (κ2) is 7.34. The van der Waals surface area contributed by atoms with Gasteiger partial charge in [-0.1, -0.05) is 19.0 Å².